The molecule has 0 aromatic heterocycles. The monoisotopic (exact) mass is 240 g/mol. The first-order valence-corrected chi connectivity index (χ1v) is 7.68. The van der Waals surface area contributed by atoms with Crippen molar-refractivity contribution < 1.29 is 0 Å². The first-order chi connectivity index (χ1) is 8.24. The van der Waals surface area contributed by atoms with E-state index in [1.165, 1.54) is 64.7 Å². The fourth-order valence-electron chi connectivity index (χ4n) is 2.69. The summed E-state index contributed by atoms with van der Waals surface area (Å²) in [5.41, 5.74) is 0. The summed E-state index contributed by atoms with van der Waals surface area (Å²) in [4.78, 5) is 2.73. The van der Waals surface area contributed by atoms with E-state index in [1.807, 2.05) is 0 Å². The molecule has 1 N–H and O–H groups in total. The number of rotatable bonds is 8. The number of nitrogens with one attached hydrogen (secondary N) is 1. The van der Waals surface area contributed by atoms with Gasteiger partial charge in [0, 0.05) is 12.6 Å². The van der Waals surface area contributed by atoms with Crippen molar-refractivity contribution >= 4 is 0 Å². The van der Waals surface area contributed by atoms with Gasteiger partial charge in [-0.2, -0.15) is 0 Å². The molecule has 0 spiro atoms. The zero-order valence-corrected chi connectivity index (χ0v) is 12.2. The average molecular weight is 240 g/mol. The van der Waals surface area contributed by atoms with E-state index in [1.54, 1.807) is 0 Å². The standard InChI is InChI=1S/C15H32N2/c1-4-5-7-10-17-11-8-6-9-15(17)13-16-12-14(2)3/h14-16H,4-13H2,1-3H3. The van der Waals surface area contributed by atoms with Crippen molar-refractivity contribution in [3.63, 3.8) is 0 Å². The molecule has 1 unspecified atom stereocenters. The highest BCUT2D eigenvalue weighted by molar-refractivity contribution is 4.78. The molecule has 0 aromatic rings. The van der Waals surface area contributed by atoms with E-state index in [0.717, 1.165) is 12.0 Å². The molecule has 2 nitrogen and oxygen atoms in total. The molecule has 0 amide bonds. The number of piperidine rings is 1. The molecule has 0 saturated carbocycles. The van der Waals surface area contributed by atoms with Gasteiger partial charge in [0.1, 0.15) is 0 Å². The molecule has 1 fully saturated rings. The Morgan fingerprint density at radius 3 is 2.76 bits per heavy atom. The highest BCUT2D eigenvalue weighted by atomic mass is 15.2. The van der Waals surface area contributed by atoms with Gasteiger partial charge in [0.05, 0.1) is 0 Å². The summed E-state index contributed by atoms with van der Waals surface area (Å²) >= 11 is 0. The molecule has 102 valence electrons. The number of nitrogens with zero attached hydrogens (tertiary/aromatic N) is 1. The second kappa shape index (κ2) is 8.93. The molecule has 1 rings (SSSR count). The minimum atomic E-state index is 0.770. The van der Waals surface area contributed by atoms with Crippen LogP contribution in [0.5, 0.6) is 0 Å². The van der Waals surface area contributed by atoms with E-state index in [2.05, 4.69) is 31.0 Å². The summed E-state index contributed by atoms with van der Waals surface area (Å²) in [5.74, 6) is 0.770. The summed E-state index contributed by atoms with van der Waals surface area (Å²) in [6, 6.07) is 0.805. The maximum Gasteiger partial charge on any atom is 0.0220 e. The Balaban J connectivity index is 2.22. The summed E-state index contributed by atoms with van der Waals surface area (Å²) in [7, 11) is 0. The number of likely N-dealkylation sites (tertiary alicyclic amines) is 1. The predicted molar refractivity (Wildman–Crippen MR) is 76.4 cm³/mol. The molecular weight excluding hydrogens is 208 g/mol. The largest absolute Gasteiger partial charge is 0.315 e. The Labute approximate surface area is 108 Å². The Bertz CT molecular complexity index is 180. The molecule has 1 aliphatic rings. The van der Waals surface area contributed by atoms with Crippen molar-refractivity contribution in [3.8, 4) is 0 Å². The number of unbranched alkanes of at least 4 members (excludes halogenated alkanes) is 2. The highest BCUT2D eigenvalue weighted by Gasteiger charge is 2.21. The second-order valence-electron chi connectivity index (χ2n) is 5.94. The summed E-state index contributed by atoms with van der Waals surface area (Å²) in [6.07, 6.45) is 8.35. The van der Waals surface area contributed by atoms with Gasteiger partial charge in [-0.1, -0.05) is 40.0 Å². The van der Waals surface area contributed by atoms with Crippen LogP contribution in [0.4, 0.5) is 0 Å². The second-order valence-corrected chi connectivity index (χ2v) is 5.94. The molecule has 1 heterocycles. The van der Waals surface area contributed by atoms with Crippen LogP contribution < -0.4 is 5.32 Å². The van der Waals surface area contributed by atoms with E-state index < -0.39 is 0 Å². The number of hydrogen-bond donors (Lipinski definition) is 1. The maximum absolute atomic E-state index is 3.63. The smallest absolute Gasteiger partial charge is 0.0220 e. The lowest BCUT2D eigenvalue weighted by Crippen LogP contribution is -2.46. The molecule has 1 aliphatic heterocycles. The Hall–Kier alpha value is -0.0800. The lowest BCUT2D eigenvalue weighted by atomic mass is 10.0. The maximum atomic E-state index is 3.63. The third-order valence-electron chi connectivity index (χ3n) is 3.73. The minimum absolute atomic E-state index is 0.770. The molecule has 0 bridgehead atoms. The van der Waals surface area contributed by atoms with Crippen molar-refractivity contribution in [2.45, 2.75) is 65.3 Å². The molecule has 0 aromatic carbocycles. The van der Waals surface area contributed by atoms with E-state index in [-0.39, 0.29) is 0 Å². The van der Waals surface area contributed by atoms with Gasteiger partial charge in [0.2, 0.25) is 0 Å². The first kappa shape index (κ1) is 15.0. The van der Waals surface area contributed by atoms with Gasteiger partial charge in [0.15, 0.2) is 0 Å². The van der Waals surface area contributed by atoms with Crippen LogP contribution in [-0.2, 0) is 0 Å². The highest BCUT2D eigenvalue weighted by Crippen LogP contribution is 2.17. The van der Waals surface area contributed by atoms with Crippen LogP contribution in [0.2, 0.25) is 0 Å². The Kier molecular flexibility index (Phi) is 7.87. The van der Waals surface area contributed by atoms with Gasteiger partial charge in [-0.15, -0.1) is 0 Å². The van der Waals surface area contributed by atoms with Gasteiger partial charge in [0.25, 0.3) is 0 Å². The van der Waals surface area contributed by atoms with Crippen molar-refractivity contribution in [1.29, 1.82) is 0 Å². The summed E-state index contributed by atoms with van der Waals surface area (Å²) in [5, 5.41) is 3.63. The third-order valence-corrected chi connectivity index (χ3v) is 3.73. The first-order valence-electron chi connectivity index (χ1n) is 7.68. The molecule has 0 radical (unpaired) electrons. The van der Waals surface area contributed by atoms with Crippen molar-refractivity contribution in [1.82, 2.24) is 10.2 Å². The van der Waals surface area contributed by atoms with Crippen LogP contribution in [0.3, 0.4) is 0 Å². The van der Waals surface area contributed by atoms with Crippen LogP contribution in [0.1, 0.15) is 59.3 Å². The SMILES string of the molecule is CCCCCN1CCCCC1CNCC(C)C. The fraction of sp³-hybridized carbons (Fsp3) is 1.00. The summed E-state index contributed by atoms with van der Waals surface area (Å²) in [6.45, 7) is 11.9. The van der Waals surface area contributed by atoms with Crippen molar-refractivity contribution in [2.75, 3.05) is 26.2 Å². The normalized spacial score (nSPS) is 22.2. The molecule has 17 heavy (non-hydrogen) atoms. The quantitative estimate of drug-likeness (QED) is 0.655. The van der Waals surface area contributed by atoms with Gasteiger partial charge >= 0.3 is 0 Å². The van der Waals surface area contributed by atoms with Crippen molar-refractivity contribution in [2.24, 2.45) is 5.92 Å². The lowest BCUT2D eigenvalue weighted by Gasteiger charge is -2.36. The Morgan fingerprint density at radius 2 is 2.06 bits per heavy atom. The van der Waals surface area contributed by atoms with Gasteiger partial charge < -0.3 is 5.32 Å². The molecule has 1 saturated heterocycles. The lowest BCUT2D eigenvalue weighted by molar-refractivity contribution is 0.142. The molecule has 0 aliphatic carbocycles. The molecular formula is C15H32N2. The molecule has 2 heteroatoms. The summed E-state index contributed by atoms with van der Waals surface area (Å²) < 4.78 is 0. The van der Waals surface area contributed by atoms with E-state index in [0.29, 0.717) is 0 Å². The number of hydrogen-bond acceptors (Lipinski definition) is 2. The zero-order valence-electron chi connectivity index (χ0n) is 12.2. The van der Waals surface area contributed by atoms with E-state index >= 15 is 0 Å². The van der Waals surface area contributed by atoms with Crippen LogP contribution >= 0.6 is 0 Å². The topological polar surface area (TPSA) is 15.3 Å². The van der Waals surface area contributed by atoms with Crippen LogP contribution in [0, 0.1) is 5.92 Å². The van der Waals surface area contributed by atoms with E-state index in [4.69, 9.17) is 0 Å². The van der Waals surface area contributed by atoms with Crippen LogP contribution in [-0.4, -0.2) is 37.1 Å². The Morgan fingerprint density at radius 1 is 1.24 bits per heavy atom. The predicted octanol–water partition coefficient (Wildman–Crippen LogP) is 3.28. The fourth-order valence-corrected chi connectivity index (χ4v) is 2.69. The van der Waals surface area contributed by atoms with Gasteiger partial charge in [-0.3, -0.25) is 4.90 Å². The minimum Gasteiger partial charge on any atom is -0.315 e. The van der Waals surface area contributed by atoms with Crippen molar-refractivity contribution in [3.05, 3.63) is 0 Å². The van der Waals surface area contributed by atoms with Crippen LogP contribution in [0.15, 0.2) is 0 Å². The van der Waals surface area contributed by atoms with E-state index in [9.17, 15) is 0 Å². The average Bonchev–Trinajstić information content (AvgIpc) is 2.31. The zero-order chi connectivity index (χ0) is 12.5. The van der Waals surface area contributed by atoms with Gasteiger partial charge in [-0.25, -0.2) is 0 Å². The molecule has 1 atom stereocenters. The van der Waals surface area contributed by atoms with Crippen LogP contribution in [0.25, 0.3) is 0 Å². The third kappa shape index (κ3) is 6.42. The van der Waals surface area contributed by atoms with Gasteiger partial charge in [-0.05, 0) is 44.8 Å².